The molecule has 15 heavy (non-hydrogen) atoms. The molecule has 2 nitrogen and oxygen atoms in total. The van der Waals surface area contributed by atoms with Gasteiger partial charge in [-0.25, -0.2) is 0 Å². The van der Waals surface area contributed by atoms with Crippen molar-refractivity contribution in [3.05, 3.63) is 34.3 Å². The molecule has 0 aromatic heterocycles. The molecule has 0 radical (unpaired) electrons. The maximum absolute atomic E-state index is 8.88. The molecule has 3 heteroatoms. The number of hydrogen-bond donors (Lipinski definition) is 2. The molecule has 80 valence electrons. The molecule has 0 bridgehead atoms. The average Bonchev–Trinajstić information content (AvgIpc) is 2.24. The predicted molar refractivity (Wildman–Crippen MR) is 62.7 cm³/mol. The summed E-state index contributed by atoms with van der Waals surface area (Å²) in [5.74, 6) is 2.46. The van der Waals surface area contributed by atoms with Gasteiger partial charge >= 0.3 is 0 Å². The van der Waals surface area contributed by atoms with Gasteiger partial charge in [0.15, 0.2) is 0 Å². The number of rotatable bonds is 4. The molecule has 0 saturated carbocycles. The van der Waals surface area contributed by atoms with E-state index in [0.717, 1.165) is 16.1 Å². The van der Waals surface area contributed by atoms with Crippen LogP contribution in [0.25, 0.3) is 0 Å². The lowest BCUT2D eigenvalue weighted by atomic mass is 10.1. The van der Waals surface area contributed by atoms with Crippen molar-refractivity contribution in [3.8, 4) is 12.3 Å². The molecule has 0 aliphatic heterocycles. The molecule has 0 fully saturated rings. The molecule has 2 N–H and O–H groups in total. The van der Waals surface area contributed by atoms with E-state index in [4.69, 9.17) is 23.1 Å². The number of aliphatic hydroxyl groups excluding tert-OH is 1. The van der Waals surface area contributed by atoms with Gasteiger partial charge in [-0.3, -0.25) is 5.32 Å². The number of halogens is 1. The van der Waals surface area contributed by atoms with E-state index >= 15 is 0 Å². The van der Waals surface area contributed by atoms with Gasteiger partial charge in [0.25, 0.3) is 0 Å². The number of aliphatic hydroxyl groups is 1. The molecule has 1 rings (SSSR count). The summed E-state index contributed by atoms with van der Waals surface area (Å²) in [5.41, 5.74) is 2.14. The highest BCUT2D eigenvalue weighted by molar-refractivity contribution is 6.31. The summed E-state index contributed by atoms with van der Waals surface area (Å²) in [6.45, 7) is 2.53. The molecule has 0 spiro atoms. The first-order valence-electron chi connectivity index (χ1n) is 4.72. The van der Waals surface area contributed by atoms with Gasteiger partial charge in [0.2, 0.25) is 0 Å². The van der Waals surface area contributed by atoms with Crippen molar-refractivity contribution in [1.29, 1.82) is 0 Å². The van der Waals surface area contributed by atoms with E-state index in [0.29, 0.717) is 6.54 Å². The van der Waals surface area contributed by atoms with Crippen LogP contribution in [0.15, 0.2) is 18.2 Å². The second-order valence-electron chi connectivity index (χ2n) is 3.37. The molecule has 0 amide bonds. The summed E-state index contributed by atoms with van der Waals surface area (Å²) in [6.07, 6.45) is 5.21. The summed E-state index contributed by atoms with van der Waals surface area (Å²) in [5, 5.41) is 12.7. The Morgan fingerprint density at radius 3 is 2.87 bits per heavy atom. The Balaban J connectivity index is 2.59. The molecule has 0 heterocycles. The predicted octanol–water partition coefficient (Wildman–Crippen LogP) is 1.73. The third-order valence-electron chi connectivity index (χ3n) is 2.16. The van der Waals surface area contributed by atoms with E-state index < -0.39 is 0 Å². The van der Waals surface area contributed by atoms with Crippen molar-refractivity contribution >= 4 is 11.6 Å². The van der Waals surface area contributed by atoms with Gasteiger partial charge in [-0.05, 0) is 24.1 Å². The molecule has 1 aromatic carbocycles. The Bertz CT molecular complexity index is 370. The summed E-state index contributed by atoms with van der Waals surface area (Å²) in [4.78, 5) is 0. The van der Waals surface area contributed by atoms with E-state index in [9.17, 15) is 0 Å². The fourth-order valence-electron chi connectivity index (χ4n) is 1.23. The van der Waals surface area contributed by atoms with E-state index in [1.165, 1.54) is 0 Å². The van der Waals surface area contributed by atoms with Gasteiger partial charge in [0.05, 0.1) is 12.6 Å². The van der Waals surface area contributed by atoms with Crippen molar-refractivity contribution in [2.75, 3.05) is 6.61 Å². The fraction of sp³-hybridized carbons (Fsp3) is 0.333. The van der Waals surface area contributed by atoms with Crippen LogP contribution in [0.3, 0.4) is 0 Å². The maximum Gasteiger partial charge on any atom is 0.0923 e. The van der Waals surface area contributed by atoms with Crippen LogP contribution < -0.4 is 5.32 Å². The molecular weight excluding hydrogens is 210 g/mol. The van der Waals surface area contributed by atoms with Gasteiger partial charge in [-0.1, -0.05) is 29.7 Å². The number of aryl methyl sites for hydroxylation is 1. The minimum absolute atomic E-state index is 0.0525. The zero-order valence-corrected chi connectivity index (χ0v) is 9.38. The quantitative estimate of drug-likeness (QED) is 0.763. The molecule has 1 atom stereocenters. The first-order chi connectivity index (χ1) is 7.17. The lowest BCUT2D eigenvalue weighted by Gasteiger charge is -2.10. The van der Waals surface area contributed by atoms with Crippen LogP contribution in [0, 0.1) is 19.3 Å². The Hall–Kier alpha value is -1.01. The maximum atomic E-state index is 8.88. The number of nitrogens with one attached hydrogen (secondary N) is 1. The van der Waals surface area contributed by atoms with Gasteiger partial charge in [0, 0.05) is 11.6 Å². The van der Waals surface area contributed by atoms with E-state index in [1.807, 2.05) is 25.1 Å². The minimum Gasteiger partial charge on any atom is -0.394 e. The van der Waals surface area contributed by atoms with Gasteiger partial charge < -0.3 is 5.11 Å². The van der Waals surface area contributed by atoms with Crippen LogP contribution in [-0.4, -0.2) is 17.8 Å². The van der Waals surface area contributed by atoms with Crippen molar-refractivity contribution in [3.63, 3.8) is 0 Å². The summed E-state index contributed by atoms with van der Waals surface area (Å²) >= 11 is 5.91. The Labute approximate surface area is 95.3 Å². The average molecular weight is 224 g/mol. The highest BCUT2D eigenvalue weighted by atomic mass is 35.5. The van der Waals surface area contributed by atoms with Crippen molar-refractivity contribution in [1.82, 2.24) is 5.32 Å². The topological polar surface area (TPSA) is 32.3 Å². The van der Waals surface area contributed by atoms with Gasteiger partial charge in [-0.15, -0.1) is 6.42 Å². The normalized spacial score (nSPS) is 12.1. The van der Waals surface area contributed by atoms with E-state index in [-0.39, 0.29) is 12.6 Å². The zero-order chi connectivity index (χ0) is 11.3. The first kappa shape index (κ1) is 12.1. The van der Waals surface area contributed by atoms with E-state index in [1.54, 1.807) is 0 Å². The van der Waals surface area contributed by atoms with Crippen LogP contribution in [-0.2, 0) is 6.54 Å². The van der Waals surface area contributed by atoms with Crippen LogP contribution in [0.2, 0.25) is 5.02 Å². The summed E-state index contributed by atoms with van der Waals surface area (Å²) in [6, 6.07) is 5.51. The van der Waals surface area contributed by atoms with E-state index in [2.05, 4.69) is 11.2 Å². The second kappa shape index (κ2) is 5.77. The summed E-state index contributed by atoms with van der Waals surface area (Å²) < 4.78 is 0. The third-order valence-corrected chi connectivity index (χ3v) is 2.58. The van der Waals surface area contributed by atoms with Crippen molar-refractivity contribution < 1.29 is 5.11 Å². The SMILES string of the molecule is C#CC(CO)NCc1ccc(Cl)c(C)c1. The number of hydrogen-bond acceptors (Lipinski definition) is 2. The molecule has 1 aromatic rings. The Morgan fingerprint density at radius 1 is 1.60 bits per heavy atom. The smallest absolute Gasteiger partial charge is 0.0923 e. The van der Waals surface area contributed by atoms with Crippen LogP contribution in [0.4, 0.5) is 0 Å². The Kier molecular flexibility index (Phi) is 4.64. The molecule has 0 aliphatic carbocycles. The van der Waals surface area contributed by atoms with Gasteiger partial charge in [-0.2, -0.15) is 0 Å². The molecule has 0 saturated heterocycles. The van der Waals surface area contributed by atoms with Crippen LogP contribution in [0.1, 0.15) is 11.1 Å². The first-order valence-corrected chi connectivity index (χ1v) is 5.10. The highest BCUT2D eigenvalue weighted by Gasteiger charge is 2.02. The minimum atomic E-state index is -0.291. The van der Waals surface area contributed by atoms with Crippen molar-refractivity contribution in [2.24, 2.45) is 0 Å². The largest absolute Gasteiger partial charge is 0.394 e. The monoisotopic (exact) mass is 223 g/mol. The third kappa shape index (κ3) is 3.56. The lowest BCUT2D eigenvalue weighted by Crippen LogP contribution is -2.30. The molecule has 1 unspecified atom stereocenters. The second-order valence-corrected chi connectivity index (χ2v) is 3.77. The zero-order valence-electron chi connectivity index (χ0n) is 8.63. The summed E-state index contributed by atoms with van der Waals surface area (Å²) in [7, 11) is 0. The number of terminal acetylenes is 1. The van der Waals surface area contributed by atoms with Crippen LogP contribution >= 0.6 is 11.6 Å². The fourth-order valence-corrected chi connectivity index (χ4v) is 1.35. The highest BCUT2D eigenvalue weighted by Crippen LogP contribution is 2.16. The van der Waals surface area contributed by atoms with Gasteiger partial charge in [0.1, 0.15) is 0 Å². The Morgan fingerprint density at radius 2 is 2.33 bits per heavy atom. The standard InChI is InChI=1S/C12H14ClNO/c1-3-11(8-15)14-7-10-4-5-12(13)9(2)6-10/h1,4-6,11,14-15H,7-8H2,2H3. The van der Waals surface area contributed by atoms with Crippen LogP contribution in [0.5, 0.6) is 0 Å². The number of benzene rings is 1. The molecule has 0 aliphatic rings. The lowest BCUT2D eigenvalue weighted by molar-refractivity contribution is 0.268. The molecular formula is C12H14ClNO. The van der Waals surface area contributed by atoms with Crippen molar-refractivity contribution in [2.45, 2.75) is 19.5 Å².